The van der Waals surface area contributed by atoms with Crippen LogP contribution >= 0.6 is 11.6 Å². The zero-order valence-corrected chi connectivity index (χ0v) is 30.0. The number of ether oxygens (including phenoxy) is 2. The van der Waals surface area contributed by atoms with E-state index in [0.29, 0.717) is 24.5 Å². The van der Waals surface area contributed by atoms with Crippen LogP contribution in [0.5, 0.6) is 5.75 Å². The first-order valence-electron chi connectivity index (χ1n) is 15.9. The Kier molecular flexibility index (Phi) is 12.9. The summed E-state index contributed by atoms with van der Waals surface area (Å²) in [4.78, 5) is 16.0. The number of nitrogens with one attached hydrogen (secondary N) is 1. The first-order chi connectivity index (χ1) is 22.7. The van der Waals surface area contributed by atoms with E-state index in [1.807, 2.05) is 13.8 Å². The highest BCUT2D eigenvalue weighted by Gasteiger charge is 2.32. The lowest BCUT2D eigenvalue weighted by molar-refractivity contribution is -0.00833. The van der Waals surface area contributed by atoms with Gasteiger partial charge in [0, 0.05) is 43.4 Å². The summed E-state index contributed by atoms with van der Waals surface area (Å²) >= 11 is 5.94. The van der Waals surface area contributed by atoms with Gasteiger partial charge in [-0.15, -0.1) is 0 Å². The highest BCUT2D eigenvalue weighted by molar-refractivity contribution is 7.92. The minimum Gasteiger partial charge on any atom is -0.490 e. The molecular weight excluding hydrogens is 678 g/mol. The molecule has 0 unspecified atom stereocenters. The largest absolute Gasteiger partial charge is 0.490 e. The van der Waals surface area contributed by atoms with Crippen molar-refractivity contribution in [1.29, 1.82) is 0 Å². The third-order valence-electron chi connectivity index (χ3n) is 8.32. The number of aliphatic hydroxyl groups excluding tert-OH is 1. The Morgan fingerprint density at radius 2 is 1.69 bits per heavy atom. The van der Waals surface area contributed by atoms with E-state index in [4.69, 9.17) is 21.1 Å². The highest BCUT2D eigenvalue weighted by Crippen LogP contribution is 2.30. The van der Waals surface area contributed by atoms with Crippen molar-refractivity contribution in [2.24, 2.45) is 5.92 Å². The summed E-state index contributed by atoms with van der Waals surface area (Å²) in [5, 5.41) is 10.6. The predicted molar refractivity (Wildman–Crippen MR) is 185 cm³/mol. The minimum atomic E-state index is -4.01. The summed E-state index contributed by atoms with van der Waals surface area (Å²) in [6.07, 6.45) is 1.26. The lowest BCUT2D eigenvalue weighted by Crippen LogP contribution is -2.48. The van der Waals surface area contributed by atoms with E-state index in [9.17, 15) is 26.7 Å². The number of likely N-dealkylation sites (N-methyl/N-ethyl adjacent to an activating group) is 1. The quantitative estimate of drug-likeness (QED) is 0.305. The number of benzene rings is 3. The fourth-order valence-corrected chi connectivity index (χ4v) is 7.78. The molecule has 2 N–H and O–H groups in total. The maximum Gasteiger partial charge on any atom is 0.261 e. The van der Waals surface area contributed by atoms with Crippen LogP contribution in [0, 0.1) is 5.92 Å². The van der Waals surface area contributed by atoms with Gasteiger partial charge in [-0.25, -0.2) is 16.8 Å². The fraction of sp³-hybridized carbons (Fsp3) is 0.441. The number of amides is 1. The monoisotopic (exact) mass is 721 g/mol. The summed E-state index contributed by atoms with van der Waals surface area (Å²) in [5.41, 5.74) is 0.261. The maximum atomic E-state index is 14.4. The number of carbonyl (C=O) groups excluding carboxylic acids is 1. The first kappa shape index (κ1) is 37.6. The van der Waals surface area contributed by atoms with E-state index in [0.717, 1.165) is 6.42 Å². The van der Waals surface area contributed by atoms with Gasteiger partial charge in [0.15, 0.2) is 0 Å². The number of sulfonamides is 2. The van der Waals surface area contributed by atoms with E-state index in [1.165, 1.54) is 64.8 Å². The molecule has 1 heterocycles. The van der Waals surface area contributed by atoms with Gasteiger partial charge in [0.1, 0.15) is 5.75 Å². The Morgan fingerprint density at radius 3 is 2.35 bits per heavy atom. The first-order valence-corrected chi connectivity index (χ1v) is 19.2. The maximum absolute atomic E-state index is 14.4. The van der Waals surface area contributed by atoms with E-state index < -0.39 is 38.1 Å². The number of aliphatic hydroxyl groups is 1. The van der Waals surface area contributed by atoms with Gasteiger partial charge in [-0.05, 0) is 87.7 Å². The Labute approximate surface area is 288 Å². The lowest BCUT2D eigenvalue weighted by Gasteiger charge is -2.35. The Hall–Kier alpha value is -3.20. The molecule has 3 aromatic carbocycles. The smallest absolute Gasteiger partial charge is 0.261 e. The van der Waals surface area contributed by atoms with Crippen molar-refractivity contribution in [2.45, 2.75) is 68.1 Å². The molecule has 0 bridgehead atoms. The fourth-order valence-electron chi connectivity index (χ4n) is 5.40. The van der Waals surface area contributed by atoms with Crippen molar-refractivity contribution >= 4 is 43.2 Å². The number of halogens is 1. The molecule has 262 valence electrons. The number of fused-ring (bicyclic) bond motifs is 1. The second kappa shape index (κ2) is 16.5. The minimum absolute atomic E-state index is 0.00201. The Balaban J connectivity index is 1.68. The number of rotatable bonds is 9. The molecule has 0 saturated carbocycles. The molecule has 1 aliphatic heterocycles. The van der Waals surface area contributed by atoms with Gasteiger partial charge in [-0.2, -0.15) is 4.31 Å². The molecule has 1 amide bonds. The van der Waals surface area contributed by atoms with Gasteiger partial charge in [-0.3, -0.25) is 9.52 Å². The predicted octanol–water partition coefficient (Wildman–Crippen LogP) is 5.26. The average molecular weight is 722 g/mol. The molecule has 11 nitrogen and oxygen atoms in total. The zero-order chi connectivity index (χ0) is 35.1. The normalized spacial score (nSPS) is 20.8. The van der Waals surface area contributed by atoms with Crippen molar-refractivity contribution in [3.05, 3.63) is 83.4 Å². The summed E-state index contributed by atoms with van der Waals surface area (Å²) in [5.74, 6) is -0.573. The van der Waals surface area contributed by atoms with Crippen LogP contribution < -0.4 is 9.46 Å². The molecule has 48 heavy (non-hydrogen) atoms. The van der Waals surface area contributed by atoms with Crippen LogP contribution in [0.4, 0.5) is 5.69 Å². The van der Waals surface area contributed by atoms with Crippen LogP contribution in [0.25, 0.3) is 0 Å². The van der Waals surface area contributed by atoms with Crippen LogP contribution in [-0.2, 0) is 24.8 Å². The third-order valence-corrected chi connectivity index (χ3v) is 11.8. The molecule has 14 heteroatoms. The van der Waals surface area contributed by atoms with E-state index >= 15 is 0 Å². The van der Waals surface area contributed by atoms with Gasteiger partial charge < -0.3 is 19.5 Å². The summed E-state index contributed by atoms with van der Waals surface area (Å²) < 4.78 is 69.4. The SMILES string of the molecule is C[C@@H]1CN([C@@H](C)CO)C(=O)c2cc(NS(=O)(=O)c3ccc(Cl)cc3)ccc2O[C@@H](C)CCCCO[C@H]1CN(C)S(=O)(=O)c1ccccc1. The second-order valence-corrected chi connectivity index (χ2v) is 16.3. The van der Waals surface area contributed by atoms with Gasteiger partial charge in [0.05, 0.1) is 40.2 Å². The molecule has 1 aliphatic rings. The van der Waals surface area contributed by atoms with Crippen molar-refractivity contribution in [3.8, 4) is 5.75 Å². The van der Waals surface area contributed by atoms with Gasteiger partial charge in [0.2, 0.25) is 10.0 Å². The summed E-state index contributed by atoms with van der Waals surface area (Å²) in [7, 11) is -6.31. The molecule has 0 saturated heterocycles. The Bertz CT molecular complexity index is 1740. The van der Waals surface area contributed by atoms with Crippen molar-refractivity contribution in [1.82, 2.24) is 9.21 Å². The van der Waals surface area contributed by atoms with Crippen LogP contribution in [0.3, 0.4) is 0 Å². The number of nitrogens with zero attached hydrogens (tertiary/aromatic N) is 2. The standard InChI is InChI=1S/C34H44ClN3O8S2/c1-24-21-38(25(2)23-39)34(40)31-20-28(36-47(41,42)29-16-13-27(35)14-17-29)15-18-32(31)46-26(3)10-8-9-19-45-33(24)22-37(4)48(43,44)30-11-6-5-7-12-30/h5-7,11-18,20,24-26,33,36,39H,8-10,19,21-23H2,1-4H3/t24-,25+,26+,33+/m1/s1. The third kappa shape index (κ3) is 9.48. The van der Waals surface area contributed by atoms with E-state index in [1.54, 1.807) is 31.2 Å². The molecule has 0 radical (unpaired) electrons. The molecule has 0 aromatic heterocycles. The molecule has 0 spiro atoms. The van der Waals surface area contributed by atoms with Gasteiger partial charge >= 0.3 is 0 Å². The second-order valence-electron chi connectivity index (χ2n) is 12.2. The van der Waals surface area contributed by atoms with Crippen LogP contribution in [-0.4, -0.2) is 88.7 Å². The average Bonchev–Trinajstić information content (AvgIpc) is 3.06. The van der Waals surface area contributed by atoms with Crippen molar-refractivity contribution in [2.75, 3.05) is 38.1 Å². The number of hydrogen-bond acceptors (Lipinski definition) is 8. The number of carbonyl (C=O) groups is 1. The Morgan fingerprint density at radius 1 is 1.00 bits per heavy atom. The number of anilines is 1. The van der Waals surface area contributed by atoms with E-state index in [2.05, 4.69) is 4.72 Å². The molecule has 4 rings (SSSR count). The van der Waals surface area contributed by atoms with Crippen LogP contribution in [0.1, 0.15) is 50.4 Å². The summed E-state index contributed by atoms with van der Waals surface area (Å²) in [6.45, 7) is 5.66. The molecular formula is C34H44ClN3O8S2. The van der Waals surface area contributed by atoms with Crippen molar-refractivity contribution in [3.63, 3.8) is 0 Å². The lowest BCUT2D eigenvalue weighted by atomic mass is 10.0. The van der Waals surface area contributed by atoms with E-state index in [-0.39, 0.29) is 58.5 Å². The topological polar surface area (TPSA) is 143 Å². The van der Waals surface area contributed by atoms with Crippen LogP contribution in [0.15, 0.2) is 82.6 Å². The van der Waals surface area contributed by atoms with Gasteiger partial charge in [-0.1, -0.05) is 36.7 Å². The van der Waals surface area contributed by atoms with Crippen LogP contribution in [0.2, 0.25) is 5.02 Å². The molecule has 3 aromatic rings. The summed E-state index contributed by atoms with van der Waals surface area (Å²) in [6, 6.07) is 17.7. The molecule has 0 aliphatic carbocycles. The molecule has 4 atom stereocenters. The molecule has 0 fully saturated rings. The zero-order valence-electron chi connectivity index (χ0n) is 27.6. The van der Waals surface area contributed by atoms with Crippen molar-refractivity contribution < 1.29 is 36.2 Å². The number of hydrogen-bond donors (Lipinski definition) is 2. The van der Waals surface area contributed by atoms with Gasteiger partial charge in [0.25, 0.3) is 15.9 Å². The highest BCUT2D eigenvalue weighted by atomic mass is 35.5.